The SMILES string of the molecule is NCC1=NN(CC2CCCC2)C(=O)CC1. The van der Waals surface area contributed by atoms with Crippen LogP contribution in [0.25, 0.3) is 0 Å². The van der Waals surface area contributed by atoms with E-state index in [1.54, 1.807) is 5.01 Å². The van der Waals surface area contributed by atoms with Crippen molar-refractivity contribution in [2.24, 2.45) is 16.8 Å². The first-order valence-electron chi connectivity index (χ1n) is 5.86. The highest BCUT2D eigenvalue weighted by Crippen LogP contribution is 2.26. The van der Waals surface area contributed by atoms with Gasteiger partial charge in [-0.3, -0.25) is 4.79 Å². The van der Waals surface area contributed by atoms with Crippen LogP contribution in [0.3, 0.4) is 0 Å². The third-order valence-corrected chi connectivity index (χ3v) is 3.32. The van der Waals surface area contributed by atoms with Crippen LogP contribution in [0.4, 0.5) is 0 Å². The Bertz CT molecular complexity index is 269. The maximum atomic E-state index is 11.6. The lowest BCUT2D eigenvalue weighted by Gasteiger charge is -2.25. The zero-order chi connectivity index (χ0) is 10.7. The first kappa shape index (κ1) is 10.6. The van der Waals surface area contributed by atoms with Crippen molar-refractivity contribution in [3.63, 3.8) is 0 Å². The van der Waals surface area contributed by atoms with Crippen molar-refractivity contribution in [3.05, 3.63) is 0 Å². The minimum absolute atomic E-state index is 0.166. The standard InChI is InChI=1S/C11H19N3O/c12-7-10-5-6-11(15)14(13-10)8-9-3-1-2-4-9/h9H,1-8,12H2. The van der Waals surface area contributed by atoms with Crippen LogP contribution < -0.4 is 5.73 Å². The molecule has 0 spiro atoms. The molecule has 2 N–H and O–H groups in total. The van der Waals surface area contributed by atoms with Gasteiger partial charge in [0.05, 0.1) is 5.71 Å². The van der Waals surface area contributed by atoms with Crippen LogP contribution in [0.5, 0.6) is 0 Å². The molecule has 0 bridgehead atoms. The van der Waals surface area contributed by atoms with E-state index in [0.717, 1.165) is 18.7 Å². The number of hydrazone groups is 1. The van der Waals surface area contributed by atoms with E-state index >= 15 is 0 Å². The van der Waals surface area contributed by atoms with E-state index in [0.29, 0.717) is 18.9 Å². The normalized spacial score (nSPS) is 23.4. The van der Waals surface area contributed by atoms with Crippen LogP contribution in [0, 0.1) is 5.92 Å². The van der Waals surface area contributed by atoms with Crippen molar-refractivity contribution >= 4 is 11.6 Å². The molecule has 2 aliphatic rings. The first-order chi connectivity index (χ1) is 7.29. The number of carbonyl (C=O) groups excluding carboxylic acids is 1. The molecule has 1 amide bonds. The van der Waals surface area contributed by atoms with Crippen LogP contribution in [0.15, 0.2) is 5.10 Å². The van der Waals surface area contributed by atoms with Crippen molar-refractivity contribution < 1.29 is 4.79 Å². The third kappa shape index (κ3) is 2.56. The quantitative estimate of drug-likeness (QED) is 0.757. The second-order valence-electron chi connectivity index (χ2n) is 4.50. The van der Waals surface area contributed by atoms with Crippen molar-refractivity contribution in [2.75, 3.05) is 13.1 Å². The molecule has 0 radical (unpaired) electrons. The molecule has 1 heterocycles. The van der Waals surface area contributed by atoms with Crippen LogP contribution in [0.2, 0.25) is 0 Å². The van der Waals surface area contributed by atoms with Gasteiger partial charge in [0.1, 0.15) is 0 Å². The van der Waals surface area contributed by atoms with Crippen LogP contribution in [-0.2, 0) is 4.79 Å². The molecule has 84 valence electrons. The Balaban J connectivity index is 1.95. The number of nitrogens with zero attached hydrogens (tertiary/aromatic N) is 2. The van der Waals surface area contributed by atoms with Crippen molar-refractivity contribution in [1.82, 2.24) is 5.01 Å². The van der Waals surface area contributed by atoms with E-state index in [4.69, 9.17) is 5.73 Å². The number of carbonyl (C=O) groups is 1. The van der Waals surface area contributed by atoms with Gasteiger partial charge in [-0.15, -0.1) is 0 Å². The van der Waals surface area contributed by atoms with Crippen LogP contribution in [0.1, 0.15) is 38.5 Å². The molecule has 1 saturated carbocycles. The monoisotopic (exact) mass is 209 g/mol. The fourth-order valence-electron chi connectivity index (χ4n) is 2.38. The third-order valence-electron chi connectivity index (χ3n) is 3.32. The lowest BCUT2D eigenvalue weighted by Crippen LogP contribution is -2.36. The molecule has 1 fully saturated rings. The summed E-state index contributed by atoms with van der Waals surface area (Å²) in [4.78, 5) is 11.6. The van der Waals surface area contributed by atoms with Gasteiger partial charge in [0.25, 0.3) is 0 Å². The van der Waals surface area contributed by atoms with Gasteiger partial charge in [0.15, 0.2) is 0 Å². The van der Waals surface area contributed by atoms with E-state index < -0.39 is 0 Å². The molecule has 2 rings (SSSR count). The predicted molar refractivity (Wildman–Crippen MR) is 59.4 cm³/mol. The Hall–Kier alpha value is -0.900. The maximum absolute atomic E-state index is 11.6. The molecule has 15 heavy (non-hydrogen) atoms. The van der Waals surface area contributed by atoms with Crippen LogP contribution in [-0.4, -0.2) is 29.7 Å². The van der Waals surface area contributed by atoms with Gasteiger partial charge in [0.2, 0.25) is 5.91 Å². The fraction of sp³-hybridized carbons (Fsp3) is 0.818. The fourth-order valence-corrected chi connectivity index (χ4v) is 2.38. The Kier molecular flexibility index (Phi) is 3.36. The van der Waals surface area contributed by atoms with Crippen molar-refractivity contribution in [2.45, 2.75) is 38.5 Å². The second kappa shape index (κ2) is 4.75. The van der Waals surface area contributed by atoms with Gasteiger partial charge in [-0.1, -0.05) is 12.8 Å². The summed E-state index contributed by atoms with van der Waals surface area (Å²) in [7, 11) is 0. The van der Waals surface area contributed by atoms with E-state index in [2.05, 4.69) is 5.10 Å². The second-order valence-corrected chi connectivity index (χ2v) is 4.50. The lowest BCUT2D eigenvalue weighted by atomic mass is 10.1. The van der Waals surface area contributed by atoms with Gasteiger partial charge in [-0.05, 0) is 25.2 Å². The summed E-state index contributed by atoms with van der Waals surface area (Å²) in [5.41, 5.74) is 6.52. The minimum atomic E-state index is 0.166. The zero-order valence-electron chi connectivity index (χ0n) is 9.11. The average Bonchev–Trinajstić information content (AvgIpc) is 2.74. The molecule has 0 aromatic rings. The molecular weight excluding hydrogens is 190 g/mol. The molecule has 4 nitrogen and oxygen atoms in total. The Labute approximate surface area is 90.5 Å². The van der Waals surface area contributed by atoms with E-state index in [9.17, 15) is 4.79 Å². The Morgan fingerprint density at radius 2 is 2.07 bits per heavy atom. The summed E-state index contributed by atoms with van der Waals surface area (Å²) in [6.07, 6.45) is 6.44. The van der Waals surface area contributed by atoms with E-state index in [-0.39, 0.29) is 5.91 Å². The predicted octanol–water partition coefficient (Wildman–Crippen LogP) is 1.11. The number of hydrogen-bond acceptors (Lipinski definition) is 3. The van der Waals surface area contributed by atoms with Gasteiger partial charge < -0.3 is 5.73 Å². The molecule has 0 unspecified atom stereocenters. The van der Waals surface area contributed by atoms with Crippen molar-refractivity contribution in [1.29, 1.82) is 0 Å². The average molecular weight is 209 g/mol. The molecule has 0 aromatic carbocycles. The molecule has 1 aliphatic heterocycles. The molecule has 0 atom stereocenters. The maximum Gasteiger partial charge on any atom is 0.243 e. The highest BCUT2D eigenvalue weighted by atomic mass is 16.2. The lowest BCUT2D eigenvalue weighted by molar-refractivity contribution is -0.132. The largest absolute Gasteiger partial charge is 0.325 e. The molecule has 0 saturated heterocycles. The smallest absolute Gasteiger partial charge is 0.243 e. The topological polar surface area (TPSA) is 58.7 Å². The summed E-state index contributed by atoms with van der Waals surface area (Å²) in [5.74, 6) is 0.828. The van der Waals surface area contributed by atoms with Gasteiger partial charge in [0, 0.05) is 19.5 Å². The highest BCUT2D eigenvalue weighted by Gasteiger charge is 2.24. The van der Waals surface area contributed by atoms with Gasteiger partial charge >= 0.3 is 0 Å². The molecular formula is C11H19N3O. The van der Waals surface area contributed by atoms with Crippen molar-refractivity contribution in [3.8, 4) is 0 Å². The number of amides is 1. The number of rotatable bonds is 3. The van der Waals surface area contributed by atoms with Gasteiger partial charge in [-0.2, -0.15) is 5.10 Å². The summed E-state index contributed by atoms with van der Waals surface area (Å²) < 4.78 is 0. The summed E-state index contributed by atoms with van der Waals surface area (Å²) in [6.45, 7) is 1.29. The number of hydrogen-bond donors (Lipinski definition) is 1. The molecule has 4 heteroatoms. The Morgan fingerprint density at radius 3 is 2.73 bits per heavy atom. The van der Waals surface area contributed by atoms with E-state index in [1.807, 2.05) is 0 Å². The molecule has 0 aromatic heterocycles. The van der Waals surface area contributed by atoms with Gasteiger partial charge in [-0.25, -0.2) is 5.01 Å². The first-order valence-corrected chi connectivity index (χ1v) is 5.86. The molecule has 1 aliphatic carbocycles. The Morgan fingerprint density at radius 1 is 1.33 bits per heavy atom. The number of nitrogens with two attached hydrogens (primary N) is 1. The highest BCUT2D eigenvalue weighted by molar-refractivity contribution is 5.93. The van der Waals surface area contributed by atoms with Crippen LogP contribution >= 0.6 is 0 Å². The summed E-state index contributed by atoms with van der Waals surface area (Å²) in [6, 6.07) is 0. The zero-order valence-corrected chi connectivity index (χ0v) is 9.11. The van der Waals surface area contributed by atoms with E-state index in [1.165, 1.54) is 25.7 Å². The minimum Gasteiger partial charge on any atom is -0.325 e. The summed E-state index contributed by atoms with van der Waals surface area (Å²) in [5, 5.41) is 5.97. The summed E-state index contributed by atoms with van der Waals surface area (Å²) >= 11 is 0.